The minimum atomic E-state index is -4.03. The lowest BCUT2D eigenvalue weighted by atomic mass is 10.1. The van der Waals surface area contributed by atoms with Crippen molar-refractivity contribution in [1.82, 2.24) is 10.2 Å². The van der Waals surface area contributed by atoms with Gasteiger partial charge in [-0.1, -0.05) is 31.2 Å². The number of benzene rings is 2. The molecule has 10 heteroatoms. The molecule has 0 aliphatic rings. The Morgan fingerprint density at radius 2 is 1.71 bits per heavy atom. The van der Waals surface area contributed by atoms with Gasteiger partial charge in [0.05, 0.1) is 11.9 Å². The maximum atomic E-state index is 13.8. The van der Waals surface area contributed by atoms with Gasteiger partial charge < -0.3 is 10.2 Å². The maximum absolute atomic E-state index is 13.8. The summed E-state index contributed by atoms with van der Waals surface area (Å²) >= 11 is 0. The van der Waals surface area contributed by atoms with E-state index in [4.69, 9.17) is 0 Å². The Balaban J connectivity index is 2.42. The summed E-state index contributed by atoms with van der Waals surface area (Å²) in [5, 5.41) is 2.84. The molecule has 0 fully saturated rings. The normalized spacial score (nSPS) is 13.1. The largest absolute Gasteiger partial charge is 0.352 e. The number of hydrogen-bond donors (Lipinski definition) is 1. The molecule has 34 heavy (non-hydrogen) atoms. The van der Waals surface area contributed by atoms with E-state index in [0.717, 1.165) is 29.5 Å². The van der Waals surface area contributed by atoms with Gasteiger partial charge in [-0.2, -0.15) is 0 Å². The molecule has 0 saturated carbocycles. The van der Waals surface area contributed by atoms with Crippen molar-refractivity contribution in [2.24, 2.45) is 0 Å². The van der Waals surface area contributed by atoms with Crippen molar-refractivity contribution < 1.29 is 26.8 Å². The van der Waals surface area contributed by atoms with Crippen LogP contribution >= 0.6 is 0 Å². The van der Waals surface area contributed by atoms with Gasteiger partial charge in [0.25, 0.3) is 0 Å². The Labute approximate surface area is 199 Å². The zero-order valence-electron chi connectivity index (χ0n) is 20.0. The van der Waals surface area contributed by atoms with Crippen molar-refractivity contribution in [3.05, 3.63) is 65.2 Å². The smallest absolute Gasteiger partial charge is 0.244 e. The summed E-state index contributed by atoms with van der Waals surface area (Å²) in [5.74, 6) is -3.42. The van der Waals surface area contributed by atoms with Crippen molar-refractivity contribution in [2.75, 3.05) is 17.1 Å². The van der Waals surface area contributed by atoms with Gasteiger partial charge in [0.1, 0.15) is 12.6 Å². The van der Waals surface area contributed by atoms with E-state index in [0.29, 0.717) is 16.8 Å². The topological polar surface area (TPSA) is 86.8 Å². The van der Waals surface area contributed by atoms with Crippen LogP contribution in [0.2, 0.25) is 0 Å². The van der Waals surface area contributed by atoms with E-state index in [1.54, 1.807) is 13.0 Å². The van der Waals surface area contributed by atoms with Crippen molar-refractivity contribution in [2.45, 2.75) is 52.7 Å². The van der Waals surface area contributed by atoms with Crippen LogP contribution in [0.3, 0.4) is 0 Å². The number of hydrogen-bond acceptors (Lipinski definition) is 4. The molecule has 0 saturated heterocycles. The summed E-state index contributed by atoms with van der Waals surface area (Å²) in [5.41, 5.74) is 1.50. The van der Waals surface area contributed by atoms with Gasteiger partial charge in [-0.15, -0.1) is 0 Å². The zero-order valence-corrected chi connectivity index (χ0v) is 20.8. The van der Waals surface area contributed by atoms with Crippen molar-refractivity contribution in [3.8, 4) is 0 Å². The number of carbonyl (C=O) groups excluding carboxylic acids is 2. The van der Waals surface area contributed by atoms with E-state index in [-0.39, 0.29) is 24.2 Å². The summed E-state index contributed by atoms with van der Waals surface area (Å²) in [7, 11) is -4.03. The molecule has 0 radical (unpaired) electrons. The predicted octanol–water partition coefficient (Wildman–Crippen LogP) is 3.37. The summed E-state index contributed by atoms with van der Waals surface area (Å²) < 4.78 is 52.8. The molecule has 1 N–H and O–H groups in total. The lowest BCUT2D eigenvalue weighted by Crippen LogP contribution is -2.52. The molecule has 0 aromatic heterocycles. The molecule has 0 aliphatic heterocycles. The highest BCUT2D eigenvalue weighted by molar-refractivity contribution is 7.92. The Bertz CT molecular complexity index is 1140. The van der Waals surface area contributed by atoms with Gasteiger partial charge in [0, 0.05) is 18.7 Å². The SMILES string of the molecule is CC[C@H](C)NC(=O)[C@H](C)N(Cc1ccccc1C)C(=O)CN(c1ccc(F)c(F)c1)S(C)(=O)=O. The van der Waals surface area contributed by atoms with Gasteiger partial charge in [0.15, 0.2) is 11.6 Å². The lowest BCUT2D eigenvalue weighted by Gasteiger charge is -2.32. The first-order valence-electron chi connectivity index (χ1n) is 10.9. The highest BCUT2D eigenvalue weighted by Gasteiger charge is 2.31. The molecule has 2 atom stereocenters. The predicted molar refractivity (Wildman–Crippen MR) is 128 cm³/mol. The van der Waals surface area contributed by atoms with Crippen LogP contribution in [0.5, 0.6) is 0 Å². The summed E-state index contributed by atoms with van der Waals surface area (Å²) in [4.78, 5) is 27.5. The molecule has 0 spiro atoms. The first-order chi connectivity index (χ1) is 15.8. The first kappa shape index (κ1) is 27.2. The number of aryl methyl sites for hydroxylation is 1. The third-order valence-electron chi connectivity index (χ3n) is 5.64. The lowest BCUT2D eigenvalue weighted by molar-refractivity contribution is -0.139. The van der Waals surface area contributed by atoms with Gasteiger partial charge in [-0.25, -0.2) is 17.2 Å². The molecule has 2 rings (SSSR count). The maximum Gasteiger partial charge on any atom is 0.244 e. The molecule has 2 aromatic carbocycles. The number of rotatable bonds is 10. The number of anilines is 1. The van der Waals surface area contributed by atoms with Gasteiger partial charge in [0.2, 0.25) is 21.8 Å². The van der Waals surface area contributed by atoms with Crippen LogP contribution in [0, 0.1) is 18.6 Å². The summed E-state index contributed by atoms with van der Waals surface area (Å²) in [6.45, 7) is 6.57. The second kappa shape index (κ2) is 11.4. The van der Waals surface area contributed by atoms with Crippen LogP contribution in [0.4, 0.5) is 14.5 Å². The first-order valence-corrected chi connectivity index (χ1v) is 12.8. The zero-order chi connectivity index (χ0) is 25.6. The second-order valence-corrected chi connectivity index (χ2v) is 10.2. The molecule has 2 aromatic rings. The fourth-order valence-electron chi connectivity index (χ4n) is 3.27. The third kappa shape index (κ3) is 6.99. The molecule has 0 bridgehead atoms. The standard InChI is InChI=1S/C24H31F2N3O4S/c1-6-17(3)27-24(31)18(4)28(14-19-10-8-7-9-16(19)2)23(30)15-29(34(5,32)33)20-11-12-21(25)22(26)13-20/h7-13,17-18H,6,14-15H2,1-5H3,(H,27,31)/t17-,18-/m0/s1. The molecule has 0 heterocycles. The summed E-state index contributed by atoms with van der Waals surface area (Å²) in [6, 6.07) is 8.90. The number of nitrogens with zero attached hydrogens (tertiary/aromatic N) is 2. The highest BCUT2D eigenvalue weighted by atomic mass is 32.2. The Hall–Kier alpha value is -3.01. The molecule has 0 aliphatic carbocycles. The van der Waals surface area contributed by atoms with E-state index in [1.165, 1.54) is 4.90 Å². The monoisotopic (exact) mass is 495 g/mol. The number of amides is 2. The average molecular weight is 496 g/mol. The van der Waals surface area contributed by atoms with Crippen LogP contribution in [0.15, 0.2) is 42.5 Å². The molecule has 2 amide bonds. The summed E-state index contributed by atoms with van der Waals surface area (Å²) in [6.07, 6.45) is 1.56. The number of nitrogens with one attached hydrogen (secondary N) is 1. The van der Waals surface area contributed by atoms with Crippen LogP contribution in [0.25, 0.3) is 0 Å². The van der Waals surface area contributed by atoms with Gasteiger partial charge in [-0.3, -0.25) is 13.9 Å². The molecular formula is C24H31F2N3O4S. The Morgan fingerprint density at radius 3 is 2.26 bits per heavy atom. The molecular weight excluding hydrogens is 464 g/mol. The quantitative estimate of drug-likeness (QED) is 0.548. The molecule has 7 nitrogen and oxygen atoms in total. The number of sulfonamides is 1. The average Bonchev–Trinajstić information content (AvgIpc) is 2.77. The van der Waals surface area contributed by atoms with Crippen molar-refractivity contribution in [1.29, 1.82) is 0 Å². The fourth-order valence-corrected chi connectivity index (χ4v) is 4.11. The third-order valence-corrected chi connectivity index (χ3v) is 6.78. The van der Waals surface area contributed by atoms with Crippen LogP contribution < -0.4 is 9.62 Å². The fraction of sp³-hybridized carbons (Fsp3) is 0.417. The molecule has 186 valence electrons. The number of carbonyl (C=O) groups is 2. The van der Waals surface area contributed by atoms with Crippen molar-refractivity contribution >= 4 is 27.5 Å². The van der Waals surface area contributed by atoms with E-state index in [1.807, 2.05) is 39.0 Å². The number of halogens is 2. The van der Waals surface area contributed by atoms with E-state index >= 15 is 0 Å². The Kier molecular flexibility index (Phi) is 9.14. The second-order valence-electron chi connectivity index (χ2n) is 8.31. The van der Waals surface area contributed by atoms with Gasteiger partial charge >= 0.3 is 0 Å². The van der Waals surface area contributed by atoms with E-state index < -0.39 is 40.2 Å². The highest BCUT2D eigenvalue weighted by Crippen LogP contribution is 2.22. The minimum Gasteiger partial charge on any atom is -0.352 e. The Morgan fingerprint density at radius 1 is 1.06 bits per heavy atom. The van der Waals surface area contributed by atoms with Crippen LogP contribution in [-0.2, 0) is 26.2 Å². The van der Waals surface area contributed by atoms with Crippen LogP contribution in [-0.4, -0.2) is 50.0 Å². The van der Waals surface area contributed by atoms with Crippen molar-refractivity contribution in [3.63, 3.8) is 0 Å². The van der Waals surface area contributed by atoms with Gasteiger partial charge in [-0.05, 0) is 50.5 Å². The van der Waals surface area contributed by atoms with Crippen LogP contribution in [0.1, 0.15) is 38.3 Å². The van der Waals surface area contributed by atoms with E-state index in [9.17, 15) is 26.8 Å². The van der Waals surface area contributed by atoms with E-state index in [2.05, 4.69) is 5.32 Å². The molecule has 0 unspecified atom stereocenters. The minimum absolute atomic E-state index is 0.0655.